The normalized spacial score (nSPS) is 10.2. The summed E-state index contributed by atoms with van der Waals surface area (Å²) in [5.41, 5.74) is 1.15. The molecule has 18 heavy (non-hydrogen) atoms. The first-order chi connectivity index (χ1) is 8.22. The van der Waals surface area contributed by atoms with Crippen LogP contribution in [0.2, 0.25) is 10.0 Å². The SMILES string of the molecule is CCCCCCCNCc1cc(Cl)cc(Cl)c1.Cl. The Labute approximate surface area is 127 Å². The van der Waals surface area contributed by atoms with E-state index >= 15 is 0 Å². The molecule has 0 fully saturated rings. The monoisotopic (exact) mass is 309 g/mol. The molecule has 0 bridgehead atoms. The van der Waals surface area contributed by atoms with E-state index in [0.29, 0.717) is 10.0 Å². The lowest BCUT2D eigenvalue weighted by molar-refractivity contribution is 0.583. The molecule has 0 spiro atoms. The topological polar surface area (TPSA) is 12.0 Å². The van der Waals surface area contributed by atoms with Gasteiger partial charge < -0.3 is 5.32 Å². The number of halogens is 3. The minimum absolute atomic E-state index is 0. The van der Waals surface area contributed by atoms with Gasteiger partial charge >= 0.3 is 0 Å². The van der Waals surface area contributed by atoms with Crippen molar-refractivity contribution in [3.8, 4) is 0 Å². The van der Waals surface area contributed by atoms with Gasteiger partial charge in [0, 0.05) is 16.6 Å². The second-order valence-corrected chi connectivity index (χ2v) is 5.24. The molecule has 4 heteroatoms. The summed E-state index contributed by atoms with van der Waals surface area (Å²) in [6, 6.07) is 5.67. The first-order valence-corrected chi connectivity index (χ1v) is 7.13. The molecule has 1 aromatic rings. The lowest BCUT2D eigenvalue weighted by Crippen LogP contribution is -2.14. The van der Waals surface area contributed by atoms with Crippen LogP contribution in [0.4, 0.5) is 0 Å². The Morgan fingerprint density at radius 1 is 0.944 bits per heavy atom. The first kappa shape index (κ1) is 18.0. The van der Waals surface area contributed by atoms with E-state index in [2.05, 4.69) is 12.2 Å². The molecule has 0 saturated heterocycles. The fourth-order valence-corrected chi connectivity index (χ4v) is 2.37. The van der Waals surface area contributed by atoms with Crippen LogP contribution in [0.3, 0.4) is 0 Å². The maximum absolute atomic E-state index is 5.94. The van der Waals surface area contributed by atoms with Crippen LogP contribution in [0.5, 0.6) is 0 Å². The van der Waals surface area contributed by atoms with E-state index in [-0.39, 0.29) is 12.4 Å². The average molecular weight is 311 g/mol. The average Bonchev–Trinajstić information content (AvgIpc) is 2.26. The number of unbranched alkanes of at least 4 members (excludes halogenated alkanes) is 4. The van der Waals surface area contributed by atoms with Crippen molar-refractivity contribution < 1.29 is 0 Å². The standard InChI is InChI=1S/C14H21Cl2N.ClH/c1-2-3-4-5-6-7-17-11-12-8-13(15)10-14(16)9-12;/h8-10,17H,2-7,11H2,1H3;1H. The van der Waals surface area contributed by atoms with Crippen molar-refractivity contribution in [1.29, 1.82) is 0 Å². The molecule has 0 unspecified atom stereocenters. The van der Waals surface area contributed by atoms with Gasteiger partial charge in [-0.15, -0.1) is 12.4 Å². The largest absolute Gasteiger partial charge is 0.313 e. The van der Waals surface area contributed by atoms with Gasteiger partial charge in [0.15, 0.2) is 0 Å². The van der Waals surface area contributed by atoms with Crippen LogP contribution in [-0.4, -0.2) is 6.54 Å². The molecule has 1 aromatic carbocycles. The third-order valence-corrected chi connectivity index (χ3v) is 3.15. The highest BCUT2D eigenvalue weighted by atomic mass is 35.5. The number of nitrogens with one attached hydrogen (secondary N) is 1. The molecule has 1 nitrogen and oxygen atoms in total. The van der Waals surface area contributed by atoms with Crippen LogP contribution in [-0.2, 0) is 6.54 Å². The van der Waals surface area contributed by atoms with Gasteiger partial charge in [-0.25, -0.2) is 0 Å². The van der Waals surface area contributed by atoms with Gasteiger partial charge in [-0.05, 0) is 36.7 Å². The van der Waals surface area contributed by atoms with Gasteiger partial charge in [0.1, 0.15) is 0 Å². The molecule has 0 heterocycles. The highest BCUT2D eigenvalue weighted by Crippen LogP contribution is 2.18. The van der Waals surface area contributed by atoms with Crippen molar-refractivity contribution in [2.75, 3.05) is 6.54 Å². The van der Waals surface area contributed by atoms with Crippen molar-refractivity contribution in [2.45, 2.75) is 45.6 Å². The minimum atomic E-state index is 0. The highest BCUT2D eigenvalue weighted by molar-refractivity contribution is 6.34. The molecular formula is C14H22Cl3N. The van der Waals surface area contributed by atoms with Crippen molar-refractivity contribution >= 4 is 35.6 Å². The zero-order chi connectivity index (χ0) is 12.5. The summed E-state index contributed by atoms with van der Waals surface area (Å²) in [7, 11) is 0. The summed E-state index contributed by atoms with van der Waals surface area (Å²) in [4.78, 5) is 0. The summed E-state index contributed by atoms with van der Waals surface area (Å²) < 4.78 is 0. The summed E-state index contributed by atoms with van der Waals surface area (Å²) in [6.07, 6.45) is 6.56. The summed E-state index contributed by atoms with van der Waals surface area (Å²) in [5, 5.41) is 4.83. The molecular weight excluding hydrogens is 289 g/mol. The maximum Gasteiger partial charge on any atom is 0.0424 e. The zero-order valence-electron chi connectivity index (χ0n) is 10.8. The van der Waals surface area contributed by atoms with Crippen LogP contribution in [0.25, 0.3) is 0 Å². The number of rotatable bonds is 8. The third-order valence-electron chi connectivity index (χ3n) is 2.71. The Bertz CT molecular complexity index is 309. The molecule has 0 aliphatic rings. The van der Waals surface area contributed by atoms with Crippen molar-refractivity contribution in [1.82, 2.24) is 5.32 Å². The summed E-state index contributed by atoms with van der Waals surface area (Å²) >= 11 is 11.9. The summed E-state index contributed by atoms with van der Waals surface area (Å²) in [5.74, 6) is 0. The van der Waals surface area contributed by atoms with Crippen LogP contribution in [0, 0.1) is 0 Å². The molecule has 0 aliphatic carbocycles. The van der Waals surface area contributed by atoms with E-state index < -0.39 is 0 Å². The predicted molar refractivity (Wildman–Crippen MR) is 84.2 cm³/mol. The zero-order valence-corrected chi connectivity index (χ0v) is 13.2. The Kier molecular flexibility index (Phi) is 11.0. The molecule has 0 aromatic heterocycles. The molecule has 0 radical (unpaired) electrons. The fourth-order valence-electron chi connectivity index (χ4n) is 1.80. The van der Waals surface area contributed by atoms with Crippen molar-refractivity contribution in [2.24, 2.45) is 0 Å². The lowest BCUT2D eigenvalue weighted by atomic mass is 10.1. The molecule has 1 N–H and O–H groups in total. The van der Waals surface area contributed by atoms with Crippen molar-refractivity contribution in [3.63, 3.8) is 0 Å². The van der Waals surface area contributed by atoms with E-state index in [4.69, 9.17) is 23.2 Å². The number of benzene rings is 1. The van der Waals surface area contributed by atoms with Gasteiger partial charge in [-0.2, -0.15) is 0 Å². The molecule has 104 valence electrons. The van der Waals surface area contributed by atoms with Crippen LogP contribution < -0.4 is 5.32 Å². The highest BCUT2D eigenvalue weighted by Gasteiger charge is 1.97. The second kappa shape index (κ2) is 10.9. The molecule has 1 rings (SSSR count). The molecule has 0 amide bonds. The van der Waals surface area contributed by atoms with E-state index in [0.717, 1.165) is 18.7 Å². The van der Waals surface area contributed by atoms with Crippen molar-refractivity contribution in [3.05, 3.63) is 33.8 Å². The van der Waals surface area contributed by atoms with E-state index in [9.17, 15) is 0 Å². The fraction of sp³-hybridized carbons (Fsp3) is 0.571. The Balaban J connectivity index is 0.00000289. The van der Waals surface area contributed by atoms with Gasteiger partial charge in [0.2, 0.25) is 0 Å². The van der Waals surface area contributed by atoms with Gasteiger partial charge in [0.05, 0.1) is 0 Å². The Hall–Kier alpha value is 0.0500. The van der Waals surface area contributed by atoms with Gasteiger partial charge in [-0.1, -0.05) is 55.8 Å². The second-order valence-electron chi connectivity index (χ2n) is 4.37. The summed E-state index contributed by atoms with van der Waals surface area (Å²) in [6.45, 7) is 4.14. The van der Waals surface area contributed by atoms with Crippen LogP contribution in [0.15, 0.2) is 18.2 Å². The maximum atomic E-state index is 5.94. The first-order valence-electron chi connectivity index (χ1n) is 6.38. The van der Waals surface area contributed by atoms with E-state index in [1.165, 1.54) is 32.1 Å². The molecule has 0 aliphatic heterocycles. The smallest absolute Gasteiger partial charge is 0.0424 e. The van der Waals surface area contributed by atoms with Gasteiger partial charge in [-0.3, -0.25) is 0 Å². The molecule has 0 atom stereocenters. The number of hydrogen-bond donors (Lipinski definition) is 1. The van der Waals surface area contributed by atoms with Gasteiger partial charge in [0.25, 0.3) is 0 Å². The quantitative estimate of drug-likeness (QED) is 0.627. The number of hydrogen-bond acceptors (Lipinski definition) is 1. The Morgan fingerprint density at radius 2 is 1.56 bits per heavy atom. The molecule has 0 saturated carbocycles. The van der Waals surface area contributed by atoms with Crippen LogP contribution in [0.1, 0.15) is 44.6 Å². The lowest BCUT2D eigenvalue weighted by Gasteiger charge is -2.06. The minimum Gasteiger partial charge on any atom is -0.313 e. The van der Waals surface area contributed by atoms with Crippen LogP contribution >= 0.6 is 35.6 Å². The van der Waals surface area contributed by atoms with E-state index in [1.807, 2.05) is 12.1 Å². The predicted octanol–water partition coefficient (Wildman–Crippen LogP) is 5.48. The third kappa shape index (κ3) is 8.20. The Morgan fingerprint density at radius 3 is 2.17 bits per heavy atom. The van der Waals surface area contributed by atoms with E-state index in [1.54, 1.807) is 6.07 Å².